The van der Waals surface area contributed by atoms with E-state index in [1.807, 2.05) is 24.3 Å². The van der Waals surface area contributed by atoms with Gasteiger partial charge in [0.15, 0.2) is 0 Å². The fourth-order valence-corrected chi connectivity index (χ4v) is 5.11. The number of benzene rings is 4. The molecule has 4 aromatic carbocycles. The van der Waals surface area contributed by atoms with Crippen LogP contribution in [0.2, 0.25) is 0 Å². The van der Waals surface area contributed by atoms with E-state index in [-0.39, 0.29) is 0 Å². The van der Waals surface area contributed by atoms with Gasteiger partial charge in [-0.1, -0.05) is 91.0 Å². The number of hydrogen-bond acceptors (Lipinski definition) is 2. The van der Waals surface area contributed by atoms with Crippen LogP contribution in [0.5, 0.6) is 0 Å². The molecular formula is C32H26BNO2. The third-order valence-corrected chi connectivity index (χ3v) is 6.86. The first-order valence-corrected chi connectivity index (χ1v) is 12.3. The van der Waals surface area contributed by atoms with Gasteiger partial charge in [-0.2, -0.15) is 0 Å². The molecule has 0 spiro atoms. The largest absolute Gasteiger partial charge is 0.488 e. The fraction of sp³-hybridized carbons (Fsp3) is 0.0625. The summed E-state index contributed by atoms with van der Waals surface area (Å²) in [7, 11) is -1.50. The Kier molecular flexibility index (Phi) is 5.90. The molecule has 3 nitrogen and oxygen atoms in total. The first-order chi connectivity index (χ1) is 17.7. The van der Waals surface area contributed by atoms with Crippen molar-refractivity contribution in [2.45, 2.75) is 12.8 Å². The Morgan fingerprint density at radius 3 is 1.94 bits per heavy atom. The SMILES string of the molecule is OB(O)c1ccc2c(c1)c1c(n2-c2cc(-c3ccccc3)cc(-c3ccccc3)c2)/C=C\C/C=C\C1. The molecule has 1 heterocycles. The molecule has 4 heteroatoms. The highest BCUT2D eigenvalue weighted by molar-refractivity contribution is 6.58. The van der Waals surface area contributed by atoms with Crippen molar-refractivity contribution in [3.63, 3.8) is 0 Å². The molecule has 36 heavy (non-hydrogen) atoms. The molecule has 6 rings (SSSR count). The molecule has 0 radical (unpaired) electrons. The predicted octanol–water partition coefficient (Wildman–Crippen LogP) is 6.16. The monoisotopic (exact) mass is 467 g/mol. The molecule has 0 atom stereocenters. The minimum absolute atomic E-state index is 0.500. The van der Waals surface area contributed by atoms with E-state index < -0.39 is 7.12 Å². The van der Waals surface area contributed by atoms with E-state index in [0.717, 1.165) is 46.3 Å². The fourth-order valence-electron chi connectivity index (χ4n) is 5.11. The smallest absolute Gasteiger partial charge is 0.423 e. The van der Waals surface area contributed by atoms with Crippen LogP contribution in [0.3, 0.4) is 0 Å². The lowest BCUT2D eigenvalue weighted by Gasteiger charge is -2.15. The minimum Gasteiger partial charge on any atom is -0.423 e. The third kappa shape index (κ3) is 4.11. The molecule has 0 amide bonds. The van der Waals surface area contributed by atoms with Crippen LogP contribution in [0.25, 0.3) is 44.9 Å². The summed E-state index contributed by atoms with van der Waals surface area (Å²) < 4.78 is 2.31. The van der Waals surface area contributed by atoms with Gasteiger partial charge < -0.3 is 14.6 Å². The summed E-state index contributed by atoms with van der Waals surface area (Å²) in [5.41, 5.74) is 9.58. The van der Waals surface area contributed by atoms with Crippen LogP contribution < -0.4 is 5.46 Å². The van der Waals surface area contributed by atoms with Crippen molar-refractivity contribution in [2.24, 2.45) is 0 Å². The first kappa shape index (κ1) is 22.4. The average Bonchev–Trinajstić information content (AvgIpc) is 3.20. The van der Waals surface area contributed by atoms with Crippen molar-refractivity contribution in [1.29, 1.82) is 0 Å². The Balaban J connectivity index is 1.66. The molecular weight excluding hydrogens is 441 g/mol. The maximum Gasteiger partial charge on any atom is 0.488 e. The number of aromatic nitrogens is 1. The Morgan fingerprint density at radius 2 is 1.31 bits per heavy atom. The zero-order valence-electron chi connectivity index (χ0n) is 19.9. The quantitative estimate of drug-likeness (QED) is 0.246. The highest BCUT2D eigenvalue weighted by Gasteiger charge is 2.20. The molecule has 0 saturated heterocycles. The van der Waals surface area contributed by atoms with Gasteiger partial charge in [0.05, 0.1) is 11.2 Å². The van der Waals surface area contributed by atoms with Gasteiger partial charge in [0.2, 0.25) is 0 Å². The molecule has 1 aliphatic carbocycles. The lowest BCUT2D eigenvalue weighted by atomic mass is 9.79. The van der Waals surface area contributed by atoms with Crippen LogP contribution >= 0.6 is 0 Å². The molecule has 0 aliphatic heterocycles. The maximum atomic E-state index is 9.86. The van der Waals surface area contributed by atoms with Gasteiger partial charge in [0, 0.05) is 11.1 Å². The Morgan fingerprint density at radius 1 is 0.639 bits per heavy atom. The van der Waals surface area contributed by atoms with Gasteiger partial charge in [-0.3, -0.25) is 0 Å². The highest BCUT2D eigenvalue weighted by atomic mass is 16.4. The highest BCUT2D eigenvalue weighted by Crippen LogP contribution is 2.36. The van der Waals surface area contributed by atoms with Crippen LogP contribution in [0, 0.1) is 0 Å². The lowest BCUT2D eigenvalue weighted by molar-refractivity contribution is 0.426. The van der Waals surface area contributed by atoms with Crippen LogP contribution in [0.1, 0.15) is 17.7 Å². The van der Waals surface area contributed by atoms with Crippen molar-refractivity contribution >= 4 is 29.6 Å². The molecule has 0 bridgehead atoms. The van der Waals surface area contributed by atoms with E-state index in [1.165, 1.54) is 16.7 Å². The maximum absolute atomic E-state index is 9.86. The second-order valence-electron chi connectivity index (χ2n) is 9.16. The second-order valence-corrected chi connectivity index (χ2v) is 9.16. The number of hydrogen-bond donors (Lipinski definition) is 2. The van der Waals surface area contributed by atoms with Gasteiger partial charge in [0.1, 0.15) is 0 Å². The zero-order chi connectivity index (χ0) is 24.5. The predicted molar refractivity (Wildman–Crippen MR) is 150 cm³/mol. The van der Waals surface area contributed by atoms with E-state index in [9.17, 15) is 10.0 Å². The molecule has 174 valence electrons. The van der Waals surface area contributed by atoms with Gasteiger partial charge in [-0.05, 0) is 76.5 Å². The van der Waals surface area contributed by atoms with Crippen molar-refractivity contribution in [3.8, 4) is 27.9 Å². The Labute approximate surface area is 211 Å². The standard InChI is InChI=1S/C32H26BNO2/c35-33(36)27-17-18-32-30(22-27)29-15-9-1-2-10-16-31(29)34(32)28-20-25(23-11-5-3-6-12-23)19-26(21-28)24-13-7-4-8-14-24/h1,3-14,16-22,35-36H,2,15H2/b9-1-,16-10-. The molecule has 2 N–H and O–H groups in total. The summed E-state index contributed by atoms with van der Waals surface area (Å²) in [5.74, 6) is 0. The van der Waals surface area contributed by atoms with E-state index in [0.29, 0.717) is 5.46 Å². The zero-order valence-corrected chi connectivity index (χ0v) is 19.9. The number of rotatable bonds is 4. The van der Waals surface area contributed by atoms with Crippen LogP contribution in [-0.2, 0) is 6.42 Å². The summed E-state index contributed by atoms with van der Waals surface area (Å²) >= 11 is 0. The van der Waals surface area contributed by atoms with Crippen molar-refractivity contribution in [1.82, 2.24) is 4.57 Å². The summed E-state index contributed by atoms with van der Waals surface area (Å²) in [6.45, 7) is 0. The Bertz CT molecular complexity index is 1540. The summed E-state index contributed by atoms with van der Waals surface area (Å²) in [4.78, 5) is 0. The molecule has 0 fully saturated rings. The van der Waals surface area contributed by atoms with Crippen molar-refractivity contribution < 1.29 is 10.0 Å². The van der Waals surface area contributed by atoms with Crippen molar-refractivity contribution in [2.75, 3.05) is 0 Å². The second kappa shape index (κ2) is 9.50. The topological polar surface area (TPSA) is 45.4 Å². The lowest BCUT2D eigenvalue weighted by Crippen LogP contribution is -2.29. The third-order valence-electron chi connectivity index (χ3n) is 6.86. The van der Waals surface area contributed by atoms with Crippen LogP contribution in [-0.4, -0.2) is 21.7 Å². The molecule has 0 unspecified atom stereocenters. The number of nitrogens with zero attached hydrogens (tertiary/aromatic N) is 1. The summed E-state index contributed by atoms with van der Waals surface area (Å²) in [6.07, 6.45) is 10.4. The van der Waals surface area contributed by atoms with Gasteiger partial charge >= 0.3 is 7.12 Å². The number of fused-ring (bicyclic) bond motifs is 3. The van der Waals surface area contributed by atoms with Gasteiger partial charge in [-0.25, -0.2) is 0 Å². The molecule has 0 saturated carbocycles. The average molecular weight is 467 g/mol. The van der Waals surface area contributed by atoms with E-state index in [2.05, 4.69) is 95.6 Å². The summed E-state index contributed by atoms with van der Waals surface area (Å²) in [5, 5.41) is 20.8. The normalized spacial score (nSPS) is 14.6. The van der Waals surface area contributed by atoms with E-state index in [4.69, 9.17) is 0 Å². The van der Waals surface area contributed by atoms with Crippen LogP contribution in [0.4, 0.5) is 0 Å². The summed E-state index contributed by atoms with van der Waals surface area (Å²) in [6, 6.07) is 33.4. The van der Waals surface area contributed by atoms with E-state index >= 15 is 0 Å². The number of allylic oxidation sites excluding steroid dienone is 3. The Hall–Kier alpha value is -4.12. The van der Waals surface area contributed by atoms with Gasteiger partial charge in [-0.15, -0.1) is 0 Å². The van der Waals surface area contributed by atoms with Crippen LogP contribution in [0.15, 0.2) is 115 Å². The van der Waals surface area contributed by atoms with E-state index in [1.54, 1.807) is 6.07 Å². The van der Waals surface area contributed by atoms with Gasteiger partial charge in [0.25, 0.3) is 0 Å². The molecule has 1 aromatic heterocycles. The van der Waals surface area contributed by atoms with Crippen molar-refractivity contribution in [3.05, 3.63) is 127 Å². The molecule has 1 aliphatic rings. The molecule has 5 aromatic rings. The first-order valence-electron chi connectivity index (χ1n) is 12.3. The minimum atomic E-state index is -1.50.